The molecule has 2 N–H and O–H groups in total. The van der Waals surface area contributed by atoms with E-state index in [2.05, 4.69) is 21.0 Å². The molecule has 1 aliphatic carbocycles. The van der Waals surface area contributed by atoms with Gasteiger partial charge in [-0.25, -0.2) is 4.68 Å². The lowest BCUT2D eigenvalue weighted by Gasteiger charge is -2.34. The molecule has 2 rings (SSSR count). The van der Waals surface area contributed by atoms with Crippen LogP contribution in [-0.2, 0) is 4.74 Å². The molecule has 0 atom stereocenters. The summed E-state index contributed by atoms with van der Waals surface area (Å²) in [5.74, 6) is 0.708. The van der Waals surface area contributed by atoms with E-state index >= 15 is 0 Å². The van der Waals surface area contributed by atoms with Gasteiger partial charge in [0.1, 0.15) is 5.82 Å². The number of halogens is 1. The summed E-state index contributed by atoms with van der Waals surface area (Å²) in [5, 5.41) is 4.20. The number of ether oxygens (including phenoxy) is 1. The van der Waals surface area contributed by atoms with Gasteiger partial charge in [0.2, 0.25) is 0 Å². The highest BCUT2D eigenvalue weighted by molar-refractivity contribution is 9.10. The van der Waals surface area contributed by atoms with E-state index in [9.17, 15) is 0 Å². The molecule has 0 aromatic carbocycles. The Labute approximate surface area is 85.2 Å². The number of nitrogens with two attached hydrogens (primary N) is 1. The van der Waals surface area contributed by atoms with Crippen LogP contribution >= 0.6 is 15.9 Å². The zero-order valence-electron chi connectivity index (χ0n) is 7.40. The second kappa shape index (κ2) is 3.31. The van der Waals surface area contributed by atoms with Crippen LogP contribution in [0.4, 0.5) is 5.82 Å². The summed E-state index contributed by atoms with van der Waals surface area (Å²) in [7, 11) is 1.74. The molecule has 0 radical (unpaired) electrons. The van der Waals surface area contributed by atoms with Crippen molar-refractivity contribution in [2.75, 3.05) is 12.8 Å². The van der Waals surface area contributed by atoms with Gasteiger partial charge in [-0.05, 0) is 28.8 Å². The fourth-order valence-electron chi connectivity index (χ4n) is 1.57. The van der Waals surface area contributed by atoms with Gasteiger partial charge in [-0.15, -0.1) is 0 Å². The van der Waals surface area contributed by atoms with Gasteiger partial charge in [0.05, 0.1) is 22.8 Å². The third-order valence-electron chi connectivity index (χ3n) is 2.54. The van der Waals surface area contributed by atoms with E-state index in [4.69, 9.17) is 10.5 Å². The molecule has 4 nitrogen and oxygen atoms in total. The number of rotatable bonds is 2. The first kappa shape index (κ1) is 9.02. The van der Waals surface area contributed by atoms with E-state index in [0.717, 1.165) is 17.3 Å². The lowest BCUT2D eigenvalue weighted by molar-refractivity contribution is 0.00321. The molecule has 72 valence electrons. The van der Waals surface area contributed by atoms with Gasteiger partial charge in [-0.2, -0.15) is 5.10 Å². The Morgan fingerprint density at radius 1 is 1.69 bits per heavy atom. The van der Waals surface area contributed by atoms with Crippen LogP contribution in [0.2, 0.25) is 0 Å². The van der Waals surface area contributed by atoms with Gasteiger partial charge >= 0.3 is 0 Å². The summed E-state index contributed by atoms with van der Waals surface area (Å²) in [4.78, 5) is 0. The summed E-state index contributed by atoms with van der Waals surface area (Å²) in [5.41, 5.74) is 5.81. The van der Waals surface area contributed by atoms with Crippen molar-refractivity contribution < 1.29 is 4.74 Å². The molecule has 13 heavy (non-hydrogen) atoms. The number of nitrogens with zero attached hydrogens (tertiary/aromatic N) is 2. The SMILES string of the molecule is COC1CC(n2ncc(Br)c2N)C1. The Bertz CT molecular complexity index is 306. The van der Waals surface area contributed by atoms with E-state index < -0.39 is 0 Å². The van der Waals surface area contributed by atoms with Crippen molar-refractivity contribution in [3.63, 3.8) is 0 Å². The van der Waals surface area contributed by atoms with Gasteiger partial charge in [0, 0.05) is 7.11 Å². The fraction of sp³-hybridized carbons (Fsp3) is 0.625. The molecule has 0 unspecified atom stereocenters. The number of methoxy groups -OCH3 is 1. The van der Waals surface area contributed by atoms with Crippen molar-refractivity contribution in [1.82, 2.24) is 9.78 Å². The van der Waals surface area contributed by atoms with Gasteiger partial charge in [-0.1, -0.05) is 0 Å². The van der Waals surface area contributed by atoms with Crippen molar-refractivity contribution in [3.05, 3.63) is 10.7 Å². The minimum absolute atomic E-state index is 0.382. The number of hydrogen-bond donors (Lipinski definition) is 1. The van der Waals surface area contributed by atoms with E-state index in [1.807, 2.05) is 4.68 Å². The van der Waals surface area contributed by atoms with E-state index in [1.165, 1.54) is 0 Å². The monoisotopic (exact) mass is 245 g/mol. The van der Waals surface area contributed by atoms with Gasteiger partial charge in [0.15, 0.2) is 0 Å². The topological polar surface area (TPSA) is 53.1 Å². The second-order valence-corrected chi connectivity index (χ2v) is 4.16. The molecule has 0 bridgehead atoms. The molecule has 5 heteroatoms. The average molecular weight is 246 g/mol. The fourth-order valence-corrected chi connectivity index (χ4v) is 1.84. The maximum Gasteiger partial charge on any atom is 0.136 e. The standard InChI is InChI=1S/C8H12BrN3O/c1-13-6-2-5(3-6)12-8(10)7(9)4-11-12/h4-6H,2-3,10H2,1H3. The average Bonchev–Trinajstić information content (AvgIpc) is 2.34. The summed E-state index contributed by atoms with van der Waals surface area (Å²) < 4.78 is 7.92. The second-order valence-electron chi connectivity index (χ2n) is 3.31. The van der Waals surface area contributed by atoms with Crippen LogP contribution in [-0.4, -0.2) is 23.0 Å². The van der Waals surface area contributed by atoms with Crippen molar-refractivity contribution in [1.29, 1.82) is 0 Å². The Kier molecular flexibility index (Phi) is 2.29. The Hall–Kier alpha value is -0.550. The molecule has 1 aliphatic rings. The van der Waals surface area contributed by atoms with Crippen molar-refractivity contribution in [2.45, 2.75) is 25.0 Å². The smallest absolute Gasteiger partial charge is 0.136 e. The van der Waals surface area contributed by atoms with Gasteiger partial charge in [-0.3, -0.25) is 0 Å². The molecule has 1 aromatic heterocycles. The lowest BCUT2D eigenvalue weighted by Crippen LogP contribution is -2.33. The largest absolute Gasteiger partial charge is 0.383 e. The van der Waals surface area contributed by atoms with Crippen molar-refractivity contribution in [2.24, 2.45) is 0 Å². The number of nitrogen functional groups attached to an aromatic ring is 1. The van der Waals surface area contributed by atoms with Crippen LogP contribution in [0.1, 0.15) is 18.9 Å². The Balaban J connectivity index is 2.07. The van der Waals surface area contributed by atoms with Crippen LogP contribution in [0.5, 0.6) is 0 Å². The van der Waals surface area contributed by atoms with Gasteiger partial charge < -0.3 is 10.5 Å². The van der Waals surface area contributed by atoms with E-state index in [-0.39, 0.29) is 0 Å². The summed E-state index contributed by atoms with van der Waals surface area (Å²) in [6.45, 7) is 0. The van der Waals surface area contributed by atoms with E-state index in [0.29, 0.717) is 18.0 Å². The molecule has 0 spiro atoms. The molecular weight excluding hydrogens is 234 g/mol. The minimum atomic E-state index is 0.382. The Morgan fingerprint density at radius 2 is 2.38 bits per heavy atom. The van der Waals surface area contributed by atoms with Crippen LogP contribution < -0.4 is 5.73 Å². The summed E-state index contributed by atoms with van der Waals surface area (Å²) >= 11 is 3.33. The third-order valence-corrected chi connectivity index (χ3v) is 3.15. The number of aromatic nitrogens is 2. The predicted octanol–water partition coefficient (Wildman–Crippen LogP) is 1.58. The van der Waals surface area contributed by atoms with Crippen LogP contribution in [0.25, 0.3) is 0 Å². The summed E-state index contributed by atoms with van der Waals surface area (Å²) in [6, 6.07) is 0.413. The maximum atomic E-state index is 5.81. The van der Waals surface area contributed by atoms with Crippen LogP contribution in [0.3, 0.4) is 0 Å². The molecule has 1 heterocycles. The summed E-state index contributed by atoms with van der Waals surface area (Å²) in [6.07, 6.45) is 4.13. The zero-order valence-corrected chi connectivity index (χ0v) is 8.99. The number of anilines is 1. The predicted molar refractivity (Wildman–Crippen MR) is 53.4 cm³/mol. The first-order valence-corrected chi connectivity index (χ1v) is 5.03. The quantitative estimate of drug-likeness (QED) is 0.861. The highest BCUT2D eigenvalue weighted by Gasteiger charge is 2.32. The highest BCUT2D eigenvalue weighted by atomic mass is 79.9. The first-order valence-electron chi connectivity index (χ1n) is 4.23. The third kappa shape index (κ3) is 1.46. The number of hydrogen-bond acceptors (Lipinski definition) is 3. The zero-order chi connectivity index (χ0) is 9.42. The molecule has 0 amide bonds. The lowest BCUT2D eigenvalue weighted by atomic mass is 9.89. The van der Waals surface area contributed by atoms with Crippen molar-refractivity contribution >= 4 is 21.7 Å². The molecular formula is C8H12BrN3O. The molecule has 1 aromatic rings. The van der Waals surface area contributed by atoms with Crippen LogP contribution in [0, 0.1) is 0 Å². The minimum Gasteiger partial charge on any atom is -0.383 e. The molecule has 0 saturated heterocycles. The molecule has 1 fully saturated rings. The maximum absolute atomic E-state index is 5.81. The molecule has 1 saturated carbocycles. The van der Waals surface area contributed by atoms with Gasteiger partial charge in [0.25, 0.3) is 0 Å². The van der Waals surface area contributed by atoms with Crippen molar-refractivity contribution in [3.8, 4) is 0 Å². The van der Waals surface area contributed by atoms with E-state index in [1.54, 1.807) is 13.3 Å². The Morgan fingerprint density at radius 3 is 2.85 bits per heavy atom. The first-order chi connectivity index (χ1) is 6.22. The molecule has 0 aliphatic heterocycles. The van der Waals surface area contributed by atoms with Crippen LogP contribution in [0.15, 0.2) is 10.7 Å². The normalized spacial score (nSPS) is 27.2. The highest BCUT2D eigenvalue weighted by Crippen LogP contribution is 2.36.